The van der Waals surface area contributed by atoms with Crippen LogP contribution in [0, 0.1) is 0 Å². The molecule has 0 bridgehead atoms. The van der Waals surface area contributed by atoms with Gasteiger partial charge in [-0.15, -0.1) is 0 Å². The molecule has 0 saturated heterocycles. The number of fused-ring (bicyclic) bond motifs is 4. The van der Waals surface area contributed by atoms with Gasteiger partial charge in [0, 0.05) is 12.8 Å². The summed E-state index contributed by atoms with van der Waals surface area (Å²) in [5.41, 5.74) is 0. The molecule has 0 fully saturated rings. The first-order valence-electron chi connectivity index (χ1n) is 15.0. The van der Waals surface area contributed by atoms with Gasteiger partial charge in [0.1, 0.15) is 0 Å². The van der Waals surface area contributed by atoms with E-state index in [1.807, 2.05) is 0 Å². The van der Waals surface area contributed by atoms with Crippen LogP contribution in [-0.4, -0.2) is 10.5 Å². The van der Waals surface area contributed by atoms with Gasteiger partial charge in [0.25, 0.3) is 0 Å². The second-order valence-electron chi connectivity index (χ2n) is 11.2. The first kappa shape index (κ1) is 40.0. The van der Waals surface area contributed by atoms with Gasteiger partial charge in [-0.2, -0.15) is 0 Å². The molecule has 6 rings (SSSR count). The van der Waals surface area contributed by atoms with Crippen molar-refractivity contribution < 1.29 is 59.8 Å². The van der Waals surface area contributed by atoms with Gasteiger partial charge in [-0.3, -0.25) is 0 Å². The summed E-state index contributed by atoms with van der Waals surface area (Å²) in [5.74, 6) is 4.08. The Balaban J connectivity index is 0.000000340. The van der Waals surface area contributed by atoms with Crippen LogP contribution >= 0.6 is 15.6 Å². The maximum absolute atomic E-state index is 10.7. The van der Waals surface area contributed by atoms with Crippen molar-refractivity contribution in [2.45, 2.75) is 69.6 Å². The Labute approximate surface area is 286 Å². The fraction of sp³-hybridized carbons (Fsp3) is 0.250. The minimum atomic E-state index is -10.7. The van der Waals surface area contributed by atoms with Crippen molar-refractivity contribution in [3.63, 3.8) is 0 Å². The number of hydrogen-bond donors (Lipinski definition) is 0. The van der Waals surface area contributed by atoms with Crippen LogP contribution in [0.25, 0.3) is 0 Å². The Bertz CT molecular complexity index is 1580. The van der Waals surface area contributed by atoms with E-state index in [1.54, 1.807) is 0 Å². The van der Waals surface area contributed by atoms with Crippen LogP contribution < -0.4 is 9.47 Å². The van der Waals surface area contributed by atoms with Crippen molar-refractivity contribution in [3.8, 4) is 23.0 Å². The molecule has 2 aliphatic rings. The SMILES string of the molecule is CCC[C@@H]([C@H](CCC)[S+]1c2ccccc2Oc2ccccc21)[S+]1c2ccccc2Oc2ccccc21.F[P-](F)(F)(F)(F)F.F[P-](F)(F)(F)(F)F. The Hall–Kier alpha value is -2.80. The maximum atomic E-state index is 9.87. The molecule has 0 unspecified atom stereocenters. The fourth-order valence-electron chi connectivity index (χ4n) is 5.47. The molecule has 2 atom stereocenters. The quantitative estimate of drug-likeness (QED) is 0.105. The van der Waals surface area contributed by atoms with Crippen LogP contribution in [0.1, 0.15) is 39.5 Å². The van der Waals surface area contributed by atoms with Crippen LogP contribution in [0.5, 0.6) is 23.0 Å². The van der Waals surface area contributed by atoms with Gasteiger partial charge in [-0.1, -0.05) is 75.2 Å². The van der Waals surface area contributed by atoms with Gasteiger partial charge in [0.15, 0.2) is 33.5 Å². The molecule has 2 aliphatic heterocycles. The molecule has 0 N–H and O–H groups in total. The van der Waals surface area contributed by atoms with Gasteiger partial charge in [-0.25, -0.2) is 0 Å². The van der Waals surface area contributed by atoms with E-state index in [0.29, 0.717) is 10.5 Å². The van der Waals surface area contributed by atoms with Crippen LogP contribution in [0.15, 0.2) is 117 Å². The number of rotatable bonds is 7. The van der Waals surface area contributed by atoms with E-state index >= 15 is 0 Å². The predicted octanol–water partition coefficient (Wildman–Crippen LogP) is 15.8. The summed E-state index contributed by atoms with van der Waals surface area (Å²) in [7, 11) is -21.5. The molecule has 2 nitrogen and oxygen atoms in total. The molecular formula is C32H32F12O2P2S2. The van der Waals surface area contributed by atoms with Crippen LogP contribution in [-0.2, 0) is 21.8 Å². The Morgan fingerprint density at radius 3 is 0.820 bits per heavy atom. The molecular weight excluding hydrogens is 770 g/mol. The molecule has 0 spiro atoms. The number of ether oxygens (including phenoxy) is 2. The van der Waals surface area contributed by atoms with Gasteiger partial charge < -0.3 is 9.47 Å². The van der Waals surface area contributed by atoms with Crippen molar-refractivity contribution >= 4 is 37.4 Å². The molecule has 4 aromatic carbocycles. The molecule has 0 aliphatic carbocycles. The van der Waals surface area contributed by atoms with E-state index < -0.39 is 15.6 Å². The third kappa shape index (κ3) is 12.8. The standard InChI is InChI=1S/C32H32O2S2.2F6P/c1-3-13-31(35-27-19-9-5-15-23(27)33-24-16-6-10-20-28(24)35)32(14-4-2)36-29-21-11-7-17-25(29)34-26-18-8-12-22-30(26)36;2*1-7(2,3,4,5)6/h5-12,15-22,31-32H,3-4,13-14H2,1-2H3;;/q+2;2*-1/t31-,32-;;/m0../s1. The second-order valence-corrected chi connectivity index (χ2v) is 19.4. The molecule has 278 valence electrons. The average molecular weight is 803 g/mol. The van der Waals surface area contributed by atoms with Gasteiger partial charge in [0.2, 0.25) is 19.6 Å². The Morgan fingerprint density at radius 2 is 0.620 bits per heavy atom. The topological polar surface area (TPSA) is 18.5 Å². The van der Waals surface area contributed by atoms with E-state index in [0.717, 1.165) is 35.8 Å². The van der Waals surface area contributed by atoms with Crippen molar-refractivity contribution in [2.75, 3.05) is 0 Å². The summed E-state index contributed by atoms with van der Waals surface area (Å²) in [4.78, 5) is 5.42. The van der Waals surface area contributed by atoms with Gasteiger partial charge in [0.05, 0.1) is 21.8 Å². The van der Waals surface area contributed by atoms with Crippen molar-refractivity contribution in [2.24, 2.45) is 0 Å². The zero-order chi connectivity index (χ0) is 37.3. The van der Waals surface area contributed by atoms with E-state index in [-0.39, 0.29) is 21.8 Å². The van der Waals surface area contributed by atoms with Crippen LogP contribution in [0.3, 0.4) is 0 Å². The van der Waals surface area contributed by atoms with Crippen molar-refractivity contribution in [3.05, 3.63) is 97.1 Å². The van der Waals surface area contributed by atoms with Crippen LogP contribution in [0.2, 0.25) is 0 Å². The molecule has 0 amide bonds. The molecule has 2 heterocycles. The summed E-state index contributed by atoms with van der Waals surface area (Å²) >= 11 is 0. The average Bonchev–Trinajstić information content (AvgIpc) is 2.97. The van der Waals surface area contributed by atoms with Gasteiger partial charge in [-0.05, 0) is 48.5 Å². The summed E-state index contributed by atoms with van der Waals surface area (Å²) in [5, 5.41) is 1.01. The number of para-hydroxylation sites is 4. The number of halogens is 12. The molecule has 4 aromatic rings. The van der Waals surface area contributed by atoms with Gasteiger partial charge >= 0.3 is 66.0 Å². The number of benzene rings is 4. The second kappa shape index (κ2) is 13.0. The third-order valence-corrected chi connectivity index (χ3v) is 12.7. The Morgan fingerprint density at radius 1 is 0.420 bits per heavy atom. The van der Waals surface area contributed by atoms with Crippen LogP contribution in [0.4, 0.5) is 50.4 Å². The number of hydrogen-bond acceptors (Lipinski definition) is 2. The van der Waals surface area contributed by atoms with Crippen molar-refractivity contribution in [1.29, 1.82) is 0 Å². The normalized spacial score (nSPS) is 18.0. The zero-order valence-corrected chi connectivity index (χ0v) is 29.7. The third-order valence-electron chi connectivity index (χ3n) is 6.95. The minimum absolute atomic E-state index is 0.0779. The molecule has 0 radical (unpaired) electrons. The molecule has 0 saturated carbocycles. The summed E-state index contributed by atoms with van der Waals surface area (Å²) < 4.78 is 131. The monoisotopic (exact) mass is 802 g/mol. The summed E-state index contributed by atoms with van der Waals surface area (Å²) in [6.07, 6.45) is 4.70. The first-order valence-corrected chi connectivity index (χ1v) is 21.6. The van der Waals surface area contributed by atoms with E-state index in [4.69, 9.17) is 9.47 Å². The molecule has 18 heteroatoms. The summed E-state index contributed by atoms with van der Waals surface area (Å²) in [6, 6.07) is 34.9. The van der Waals surface area contributed by atoms with E-state index in [1.165, 1.54) is 32.4 Å². The molecule has 50 heavy (non-hydrogen) atoms. The van der Waals surface area contributed by atoms with E-state index in [9.17, 15) is 50.4 Å². The predicted molar refractivity (Wildman–Crippen MR) is 178 cm³/mol. The zero-order valence-electron chi connectivity index (χ0n) is 26.3. The Kier molecular flexibility index (Phi) is 10.4. The van der Waals surface area contributed by atoms with Crippen molar-refractivity contribution in [1.82, 2.24) is 0 Å². The first-order chi connectivity index (χ1) is 22.7. The molecule has 0 aromatic heterocycles. The van der Waals surface area contributed by atoms with E-state index in [2.05, 4.69) is 111 Å². The summed E-state index contributed by atoms with van der Waals surface area (Å²) in [6.45, 7) is 4.68. The fourth-order valence-corrected chi connectivity index (χ4v) is 11.9.